The number of benzene rings is 2. The zero-order chi connectivity index (χ0) is 16.1. The van der Waals surface area contributed by atoms with E-state index in [1.165, 1.54) is 17.8 Å². The molecule has 0 N–H and O–H groups in total. The van der Waals surface area contributed by atoms with Gasteiger partial charge in [0.15, 0.2) is 0 Å². The lowest BCUT2D eigenvalue weighted by molar-refractivity contribution is 0.624. The molecule has 0 amide bonds. The SMILES string of the molecule is CS/C(C#N)=C/c1cc(Cc2ccc(Cl)c(Cl)c2)ccc1F. The lowest BCUT2D eigenvalue weighted by atomic mass is 10.0. The van der Waals surface area contributed by atoms with Gasteiger partial charge in [0.05, 0.1) is 15.0 Å². The van der Waals surface area contributed by atoms with E-state index in [9.17, 15) is 4.39 Å². The minimum atomic E-state index is -0.348. The summed E-state index contributed by atoms with van der Waals surface area (Å²) in [7, 11) is 0. The van der Waals surface area contributed by atoms with Gasteiger partial charge in [0.1, 0.15) is 11.9 Å². The van der Waals surface area contributed by atoms with E-state index < -0.39 is 0 Å². The van der Waals surface area contributed by atoms with Crippen LogP contribution in [0.5, 0.6) is 0 Å². The van der Waals surface area contributed by atoms with Crippen LogP contribution in [0.15, 0.2) is 41.3 Å². The molecule has 2 aromatic carbocycles. The standard InChI is InChI=1S/C17H12Cl2FNS/c1-22-14(10-21)9-13-7-11(3-5-17(13)20)6-12-2-4-15(18)16(19)8-12/h2-5,7-9H,6H2,1H3/b14-9+. The van der Waals surface area contributed by atoms with Crippen molar-refractivity contribution in [1.82, 2.24) is 0 Å². The van der Waals surface area contributed by atoms with E-state index in [0.29, 0.717) is 26.9 Å². The number of nitriles is 1. The first-order valence-corrected chi connectivity index (χ1v) is 8.39. The van der Waals surface area contributed by atoms with Crippen LogP contribution in [0.25, 0.3) is 6.08 Å². The molecule has 0 radical (unpaired) electrons. The molecule has 0 unspecified atom stereocenters. The Kier molecular flexibility index (Phi) is 5.90. The number of rotatable bonds is 4. The van der Waals surface area contributed by atoms with E-state index >= 15 is 0 Å². The highest BCUT2D eigenvalue weighted by molar-refractivity contribution is 8.02. The molecule has 22 heavy (non-hydrogen) atoms. The van der Waals surface area contributed by atoms with Crippen molar-refractivity contribution >= 4 is 41.0 Å². The molecule has 2 aromatic rings. The Labute approximate surface area is 143 Å². The fourth-order valence-electron chi connectivity index (χ4n) is 1.98. The molecule has 0 saturated carbocycles. The number of halogens is 3. The number of allylic oxidation sites excluding steroid dienone is 1. The van der Waals surface area contributed by atoms with Crippen LogP contribution in [0.4, 0.5) is 4.39 Å². The lowest BCUT2D eigenvalue weighted by Crippen LogP contribution is -1.92. The fraction of sp³-hybridized carbons (Fsp3) is 0.118. The maximum atomic E-state index is 13.9. The highest BCUT2D eigenvalue weighted by Gasteiger charge is 2.06. The van der Waals surface area contributed by atoms with Gasteiger partial charge in [-0.05, 0) is 54.1 Å². The summed E-state index contributed by atoms with van der Waals surface area (Å²) in [5.41, 5.74) is 2.33. The summed E-state index contributed by atoms with van der Waals surface area (Å²) in [5, 5.41) is 9.95. The summed E-state index contributed by atoms with van der Waals surface area (Å²) < 4.78 is 13.9. The van der Waals surface area contributed by atoms with Gasteiger partial charge in [-0.3, -0.25) is 0 Å². The highest BCUT2D eigenvalue weighted by atomic mass is 35.5. The van der Waals surface area contributed by atoms with E-state index in [2.05, 4.69) is 0 Å². The van der Waals surface area contributed by atoms with E-state index in [1.54, 1.807) is 36.6 Å². The quantitative estimate of drug-likeness (QED) is 0.635. The normalized spacial score (nSPS) is 11.3. The highest BCUT2D eigenvalue weighted by Crippen LogP contribution is 2.25. The van der Waals surface area contributed by atoms with Crippen LogP contribution in [0.3, 0.4) is 0 Å². The third-order valence-corrected chi connectivity index (χ3v) is 4.46. The maximum Gasteiger partial charge on any atom is 0.130 e. The molecule has 0 bridgehead atoms. The molecular weight excluding hydrogens is 340 g/mol. The molecule has 2 rings (SSSR count). The molecule has 0 saturated heterocycles. The van der Waals surface area contributed by atoms with Gasteiger partial charge in [0, 0.05) is 5.56 Å². The predicted octanol–water partition coefficient (Wildman–Crippen LogP) is 5.95. The topological polar surface area (TPSA) is 23.8 Å². The molecule has 0 aliphatic carbocycles. The third kappa shape index (κ3) is 4.27. The fourth-order valence-corrected chi connectivity index (χ4v) is 2.63. The van der Waals surface area contributed by atoms with E-state index in [4.69, 9.17) is 28.5 Å². The van der Waals surface area contributed by atoms with Crippen molar-refractivity contribution in [3.8, 4) is 6.07 Å². The summed E-state index contributed by atoms with van der Waals surface area (Å²) in [6.07, 6.45) is 3.95. The Hall–Kier alpha value is -1.47. The molecule has 5 heteroatoms. The molecule has 0 heterocycles. The predicted molar refractivity (Wildman–Crippen MR) is 92.8 cm³/mol. The van der Waals surface area contributed by atoms with E-state index in [1.807, 2.05) is 12.1 Å². The molecule has 0 spiro atoms. The van der Waals surface area contributed by atoms with Gasteiger partial charge in [-0.15, -0.1) is 11.8 Å². The van der Waals surface area contributed by atoms with Gasteiger partial charge in [-0.25, -0.2) is 4.39 Å². The van der Waals surface area contributed by atoms with Gasteiger partial charge in [0.2, 0.25) is 0 Å². The van der Waals surface area contributed by atoms with Crippen molar-refractivity contribution in [1.29, 1.82) is 5.26 Å². The van der Waals surface area contributed by atoms with Crippen molar-refractivity contribution in [3.05, 3.63) is 73.9 Å². The van der Waals surface area contributed by atoms with Gasteiger partial charge in [-0.2, -0.15) is 5.26 Å². The monoisotopic (exact) mass is 351 g/mol. The lowest BCUT2D eigenvalue weighted by Gasteiger charge is -2.06. The van der Waals surface area contributed by atoms with Gasteiger partial charge < -0.3 is 0 Å². The van der Waals surface area contributed by atoms with E-state index in [0.717, 1.165) is 11.1 Å². The molecule has 0 aliphatic rings. The van der Waals surface area contributed by atoms with Crippen molar-refractivity contribution < 1.29 is 4.39 Å². The zero-order valence-electron chi connectivity index (χ0n) is 11.7. The van der Waals surface area contributed by atoms with Crippen molar-refractivity contribution in [3.63, 3.8) is 0 Å². The van der Waals surface area contributed by atoms with Crippen molar-refractivity contribution in [2.75, 3.05) is 6.26 Å². The minimum Gasteiger partial charge on any atom is -0.206 e. The van der Waals surface area contributed by atoms with Crippen LogP contribution >= 0.6 is 35.0 Å². The first kappa shape index (κ1) is 16.9. The molecule has 112 valence electrons. The number of nitrogens with zero attached hydrogens (tertiary/aromatic N) is 1. The van der Waals surface area contributed by atoms with Crippen LogP contribution in [0.1, 0.15) is 16.7 Å². The van der Waals surface area contributed by atoms with Gasteiger partial charge in [-0.1, -0.05) is 35.3 Å². The van der Waals surface area contributed by atoms with E-state index in [-0.39, 0.29) is 5.82 Å². The summed E-state index contributed by atoms with van der Waals surface area (Å²) in [6, 6.07) is 12.3. The first-order chi connectivity index (χ1) is 10.5. The third-order valence-electron chi connectivity index (χ3n) is 3.07. The number of thioether (sulfide) groups is 1. The Morgan fingerprint density at radius 3 is 2.50 bits per heavy atom. The Morgan fingerprint density at radius 2 is 1.86 bits per heavy atom. The summed E-state index contributed by atoms with van der Waals surface area (Å²) >= 11 is 13.2. The molecule has 0 fully saturated rings. The Morgan fingerprint density at radius 1 is 1.18 bits per heavy atom. The summed E-state index contributed by atoms with van der Waals surface area (Å²) in [5.74, 6) is -0.348. The minimum absolute atomic E-state index is 0.348. The first-order valence-electron chi connectivity index (χ1n) is 6.41. The Bertz CT molecular complexity index is 766. The number of hydrogen-bond acceptors (Lipinski definition) is 2. The largest absolute Gasteiger partial charge is 0.206 e. The molecule has 0 aliphatic heterocycles. The van der Waals surface area contributed by atoms with Crippen LogP contribution in [-0.4, -0.2) is 6.26 Å². The second-order valence-corrected chi connectivity index (χ2v) is 6.27. The summed E-state index contributed by atoms with van der Waals surface area (Å²) in [6.45, 7) is 0. The van der Waals surface area contributed by atoms with Crippen molar-refractivity contribution in [2.24, 2.45) is 0 Å². The van der Waals surface area contributed by atoms with Crippen LogP contribution < -0.4 is 0 Å². The molecular formula is C17H12Cl2FNS. The average molecular weight is 352 g/mol. The average Bonchev–Trinajstić information content (AvgIpc) is 2.51. The second kappa shape index (κ2) is 7.69. The second-order valence-electron chi connectivity index (χ2n) is 4.61. The molecule has 0 atom stereocenters. The smallest absolute Gasteiger partial charge is 0.130 e. The number of hydrogen-bond donors (Lipinski definition) is 0. The zero-order valence-corrected chi connectivity index (χ0v) is 14.1. The molecule has 0 aromatic heterocycles. The van der Waals surface area contributed by atoms with Crippen LogP contribution in [0.2, 0.25) is 10.0 Å². The maximum absolute atomic E-state index is 13.9. The molecule has 1 nitrogen and oxygen atoms in total. The van der Waals surface area contributed by atoms with Gasteiger partial charge >= 0.3 is 0 Å². The van der Waals surface area contributed by atoms with Crippen LogP contribution in [0, 0.1) is 17.1 Å². The summed E-state index contributed by atoms with van der Waals surface area (Å²) in [4.78, 5) is 0.464. The van der Waals surface area contributed by atoms with Gasteiger partial charge in [0.25, 0.3) is 0 Å². The van der Waals surface area contributed by atoms with Crippen LogP contribution in [-0.2, 0) is 6.42 Å². The Balaban J connectivity index is 2.31. The van der Waals surface area contributed by atoms with Crippen molar-refractivity contribution in [2.45, 2.75) is 6.42 Å².